The van der Waals surface area contributed by atoms with Crippen molar-refractivity contribution in [2.24, 2.45) is 0 Å². The van der Waals surface area contributed by atoms with Crippen LogP contribution in [0.25, 0.3) is 0 Å². The second-order valence-electron chi connectivity index (χ2n) is 8.28. The Kier molecular flexibility index (Phi) is 7.92. The molecule has 7 heteroatoms. The fourth-order valence-electron chi connectivity index (χ4n) is 2.86. The van der Waals surface area contributed by atoms with Gasteiger partial charge in [-0.05, 0) is 42.0 Å². The normalized spacial score (nSPS) is 11.9. The number of nitrogens with one attached hydrogen (secondary N) is 2. The van der Waals surface area contributed by atoms with Crippen LogP contribution in [0.5, 0.6) is 0 Å². The maximum absolute atomic E-state index is 12.3. The SMILES string of the molecule is CC(=O)c1ccc(S(=O)(=O)NCCC(=O)NCCc2ccc(C(C)(C)C)cc2)cc1. The summed E-state index contributed by atoms with van der Waals surface area (Å²) in [5.41, 5.74) is 2.95. The first-order chi connectivity index (χ1) is 14.0. The number of ketones is 1. The summed E-state index contributed by atoms with van der Waals surface area (Å²) in [6.07, 6.45) is 0.762. The van der Waals surface area contributed by atoms with Gasteiger partial charge < -0.3 is 5.32 Å². The lowest BCUT2D eigenvalue weighted by atomic mass is 9.86. The predicted molar refractivity (Wildman–Crippen MR) is 118 cm³/mol. The Balaban J connectivity index is 1.74. The first-order valence-electron chi connectivity index (χ1n) is 9.96. The van der Waals surface area contributed by atoms with Crippen LogP contribution in [0.15, 0.2) is 53.4 Å². The van der Waals surface area contributed by atoms with Crippen molar-refractivity contribution >= 4 is 21.7 Å². The monoisotopic (exact) mass is 430 g/mol. The molecule has 0 aliphatic heterocycles. The number of rotatable bonds is 9. The van der Waals surface area contributed by atoms with Gasteiger partial charge in [0.1, 0.15) is 0 Å². The van der Waals surface area contributed by atoms with Gasteiger partial charge in [0.15, 0.2) is 5.78 Å². The molecule has 0 unspecified atom stereocenters. The molecule has 0 fully saturated rings. The van der Waals surface area contributed by atoms with Crippen LogP contribution in [0, 0.1) is 0 Å². The van der Waals surface area contributed by atoms with E-state index in [0.717, 1.165) is 5.56 Å². The van der Waals surface area contributed by atoms with Gasteiger partial charge in [-0.1, -0.05) is 57.2 Å². The zero-order chi connectivity index (χ0) is 22.4. The van der Waals surface area contributed by atoms with Crippen molar-refractivity contribution in [3.05, 3.63) is 65.2 Å². The maximum atomic E-state index is 12.3. The van der Waals surface area contributed by atoms with Crippen LogP contribution >= 0.6 is 0 Å². The van der Waals surface area contributed by atoms with Crippen molar-refractivity contribution < 1.29 is 18.0 Å². The molecule has 2 rings (SSSR count). The topological polar surface area (TPSA) is 92.3 Å². The Labute approximate surface area is 179 Å². The van der Waals surface area contributed by atoms with Crippen LogP contribution in [0.3, 0.4) is 0 Å². The predicted octanol–water partition coefficient (Wildman–Crippen LogP) is 3.21. The number of hydrogen-bond donors (Lipinski definition) is 2. The van der Waals surface area contributed by atoms with Crippen LogP contribution in [-0.4, -0.2) is 33.2 Å². The highest BCUT2D eigenvalue weighted by Crippen LogP contribution is 2.22. The van der Waals surface area contributed by atoms with E-state index in [0.29, 0.717) is 18.5 Å². The zero-order valence-electron chi connectivity index (χ0n) is 18.0. The Morgan fingerprint density at radius 2 is 1.50 bits per heavy atom. The Morgan fingerprint density at radius 3 is 2.03 bits per heavy atom. The average molecular weight is 431 g/mol. The molecule has 0 aliphatic rings. The quantitative estimate of drug-likeness (QED) is 0.598. The molecule has 0 spiro atoms. The van der Waals surface area contributed by atoms with E-state index in [9.17, 15) is 18.0 Å². The van der Waals surface area contributed by atoms with Crippen LogP contribution in [0.2, 0.25) is 0 Å². The molecule has 0 saturated carbocycles. The standard InChI is InChI=1S/C23H30N2O4S/c1-17(26)19-7-11-21(12-8-19)30(28,29)25-16-14-22(27)24-15-13-18-5-9-20(10-6-18)23(2,3)4/h5-12,25H,13-16H2,1-4H3,(H,24,27). The highest BCUT2D eigenvalue weighted by Gasteiger charge is 2.15. The van der Waals surface area contributed by atoms with E-state index in [2.05, 4.69) is 55.1 Å². The fourth-order valence-corrected chi connectivity index (χ4v) is 3.89. The number of sulfonamides is 1. The summed E-state index contributed by atoms with van der Waals surface area (Å²) in [6, 6.07) is 14.0. The van der Waals surface area contributed by atoms with Crippen LogP contribution in [0.4, 0.5) is 0 Å². The molecule has 0 aliphatic carbocycles. The van der Waals surface area contributed by atoms with E-state index in [1.807, 2.05) is 0 Å². The molecule has 30 heavy (non-hydrogen) atoms. The molecule has 1 amide bonds. The van der Waals surface area contributed by atoms with Crippen LogP contribution in [-0.2, 0) is 26.7 Å². The molecular formula is C23H30N2O4S. The molecular weight excluding hydrogens is 400 g/mol. The minimum absolute atomic E-state index is 0.00288. The Hall–Kier alpha value is -2.51. The Morgan fingerprint density at radius 1 is 0.900 bits per heavy atom. The second kappa shape index (κ2) is 10.00. The molecule has 0 heterocycles. The highest BCUT2D eigenvalue weighted by molar-refractivity contribution is 7.89. The van der Waals surface area contributed by atoms with Crippen LogP contribution < -0.4 is 10.0 Å². The van der Waals surface area contributed by atoms with E-state index < -0.39 is 10.0 Å². The average Bonchev–Trinajstić information content (AvgIpc) is 2.67. The summed E-state index contributed by atoms with van der Waals surface area (Å²) < 4.78 is 26.9. The summed E-state index contributed by atoms with van der Waals surface area (Å²) in [6.45, 7) is 8.41. The fraction of sp³-hybridized carbons (Fsp3) is 0.391. The Bertz CT molecular complexity index is 973. The third-order valence-electron chi connectivity index (χ3n) is 4.77. The first kappa shape index (κ1) is 23.8. The molecule has 0 atom stereocenters. The van der Waals surface area contributed by atoms with Crippen molar-refractivity contribution in [1.82, 2.24) is 10.0 Å². The van der Waals surface area contributed by atoms with Gasteiger partial charge in [0.2, 0.25) is 15.9 Å². The lowest BCUT2D eigenvalue weighted by molar-refractivity contribution is -0.120. The van der Waals surface area contributed by atoms with Gasteiger partial charge in [0.25, 0.3) is 0 Å². The van der Waals surface area contributed by atoms with Gasteiger partial charge in [-0.2, -0.15) is 0 Å². The van der Waals surface area contributed by atoms with E-state index >= 15 is 0 Å². The van der Waals surface area contributed by atoms with Crippen molar-refractivity contribution in [2.75, 3.05) is 13.1 Å². The minimum Gasteiger partial charge on any atom is -0.356 e. The molecule has 0 saturated heterocycles. The van der Waals surface area contributed by atoms with Crippen LogP contribution in [0.1, 0.15) is 55.6 Å². The molecule has 0 bridgehead atoms. The first-order valence-corrected chi connectivity index (χ1v) is 11.4. The molecule has 162 valence electrons. The van der Waals surface area contributed by atoms with Crippen molar-refractivity contribution in [3.8, 4) is 0 Å². The summed E-state index contributed by atoms with van der Waals surface area (Å²) in [7, 11) is -3.72. The molecule has 6 nitrogen and oxygen atoms in total. The number of hydrogen-bond acceptors (Lipinski definition) is 4. The van der Waals surface area contributed by atoms with Gasteiger partial charge in [0, 0.05) is 25.1 Å². The molecule has 0 radical (unpaired) electrons. The lowest BCUT2D eigenvalue weighted by Crippen LogP contribution is -2.31. The van der Waals surface area contributed by atoms with Gasteiger partial charge in [0.05, 0.1) is 4.90 Å². The molecule has 2 aromatic rings. The third kappa shape index (κ3) is 7.07. The number of benzene rings is 2. The third-order valence-corrected chi connectivity index (χ3v) is 6.25. The summed E-state index contributed by atoms with van der Waals surface area (Å²) in [4.78, 5) is 23.3. The van der Waals surface area contributed by atoms with E-state index in [1.165, 1.54) is 36.8 Å². The molecule has 0 aromatic heterocycles. The van der Waals surface area contributed by atoms with E-state index in [1.54, 1.807) is 0 Å². The minimum atomic E-state index is -3.72. The molecule has 2 aromatic carbocycles. The summed E-state index contributed by atoms with van der Waals surface area (Å²) in [5.74, 6) is -0.343. The highest BCUT2D eigenvalue weighted by atomic mass is 32.2. The maximum Gasteiger partial charge on any atom is 0.240 e. The van der Waals surface area contributed by atoms with Gasteiger partial charge in [-0.15, -0.1) is 0 Å². The number of carbonyl (C=O) groups is 2. The largest absolute Gasteiger partial charge is 0.356 e. The van der Waals surface area contributed by atoms with E-state index in [-0.39, 0.29) is 35.0 Å². The van der Waals surface area contributed by atoms with Gasteiger partial charge in [-0.25, -0.2) is 13.1 Å². The van der Waals surface area contributed by atoms with Crippen molar-refractivity contribution in [2.45, 2.75) is 50.8 Å². The number of amides is 1. The van der Waals surface area contributed by atoms with E-state index in [4.69, 9.17) is 0 Å². The van der Waals surface area contributed by atoms with Gasteiger partial charge >= 0.3 is 0 Å². The van der Waals surface area contributed by atoms with Crippen molar-refractivity contribution in [1.29, 1.82) is 0 Å². The van der Waals surface area contributed by atoms with Crippen molar-refractivity contribution in [3.63, 3.8) is 0 Å². The summed E-state index contributed by atoms with van der Waals surface area (Å²) in [5, 5.41) is 2.81. The summed E-state index contributed by atoms with van der Waals surface area (Å²) >= 11 is 0. The smallest absolute Gasteiger partial charge is 0.240 e. The molecule has 2 N–H and O–H groups in total. The second-order valence-corrected chi connectivity index (χ2v) is 10.0. The number of Topliss-reactive ketones (excluding diaryl/α,β-unsaturated/α-hetero) is 1. The lowest BCUT2D eigenvalue weighted by Gasteiger charge is -2.19. The number of carbonyl (C=O) groups excluding carboxylic acids is 2. The van der Waals surface area contributed by atoms with Gasteiger partial charge in [-0.3, -0.25) is 9.59 Å². The zero-order valence-corrected chi connectivity index (χ0v) is 18.8.